The Kier molecular flexibility index (Phi) is 4.38. The number of nitrogens with zero attached hydrogens (tertiary/aromatic N) is 2. The lowest BCUT2D eigenvalue weighted by molar-refractivity contribution is -0.215. The van der Waals surface area contributed by atoms with Gasteiger partial charge in [0, 0.05) is 18.7 Å². The quantitative estimate of drug-likeness (QED) is 0.640. The van der Waals surface area contributed by atoms with Crippen LogP contribution in [-0.2, 0) is 18.1 Å². The van der Waals surface area contributed by atoms with Crippen LogP contribution in [0.5, 0.6) is 0 Å². The molecule has 0 bridgehead atoms. The van der Waals surface area contributed by atoms with Crippen LogP contribution in [0.15, 0.2) is 16.9 Å². The van der Waals surface area contributed by atoms with E-state index in [-0.39, 0.29) is 21.3 Å². The van der Waals surface area contributed by atoms with E-state index in [2.05, 4.69) is 10.5 Å². The fourth-order valence-corrected chi connectivity index (χ4v) is 3.50. The van der Waals surface area contributed by atoms with E-state index in [1.165, 1.54) is 12.1 Å². The van der Waals surface area contributed by atoms with Gasteiger partial charge < -0.3 is 0 Å². The number of hydrogen-bond donors (Lipinski definition) is 2. The van der Waals surface area contributed by atoms with Gasteiger partial charge in [-0.15, -0.1) is 4.99 Å². The molecule has 2 aromatic rings. The maximum absolute atomic E-state index is 12.6. The monoisotopic (exact) mass is 363 g/mol. The Hall–Kier alpha value is -1.18. The highest BCUT2D eigenvalue weighted by Crippen LogP contribution is 2.37. The van der Waals surface area contributed by atoms with Gasteiger partial charge in [-0.3, -0.25) is 9.48 Å². The summed E-state index contributed by atoms with van der Waals surface area (Å²) in [6.07, 6.45) is 1.89. The molecule has 0 atom stereocenters. The number of halogens is 3. The van der Waals surface area contributed by atoms with E-state index in [1.807, 2.05) is 0 Å². The first kappa shape index (κ1) is 15.7. The third kappa shape index (κ3) is 2.51. The minimum atomic E-state index is -0.204. The van der Waals surface area contributed by atoms with Crippen molar-refractivity contribution < 1.29 is 10.2 Å². The van der Waals surface area contributed by atoms with Gasteiger partial charge in [0.25, 0.3) is 5.56 Å². The summed E-state index contributed by atoms with van der Waals surface area (Å²) in [4.78, 5) is 16.5. The molecular weight excluding hydrogens is 353 g/mol. The molecule has 3 rings (SSSR count). The van der Waals surface area contributed by atoms with E-state index in [4.69, 9.17) is 40.1 Å². The van der Waals surface area contributed by atoms with Crippen molar-refractivity contribution in [2.75, 3.05) is 5.48 Å². The zero-order chi connectivity index (χ0) is 15.9. The maximum Gasteiger partial charge on any atom is 0.276 e. The number of rotatable bonds is 3. The highest BCUT2D eigenvalue weighted by molar-refractivity contribution is 6.39. The lowest BCUT2D eigenvalue weighted by Gasteiger charge is -2.17. The Balaban J connectivity index is 2.22. The zero-order valence-electron chi connectivity index (χ0n) is 11.3. The zero-order valence-corrected chi connectivity index (χ0v) is 13.5. The van der Waals surface area contributed by atoms with Crippen LogP contribution in [0.2, 0.25) is 15.2 Å². The average molecular weight is 365 g/mol. The first-order valence-corrected chi connectivity index (χ1v) is 7.73. The summed E-state index contributed by atoms with van der Waals surface area (Å²) < 4.78 is 3.37. The van der Waals surface area contributed by atoms with E-state index >= 15 is 0 Å². The van der Waals surface area contributed by atoms with Crippen molar-refractivity contribution in [2.24, 2.45) is 0 Å². The summed E-state index contributed by atoms with van der Waals surface area (Å²) in [5, 5.41) is 9.38. The Morgan fingerprint density at radius 3 is 2.41 bits per heavy atom. The first-order valence-electron chi connectivity index (χ1n) is 6.59. The molecule has 0 aliphatic carbocycles. The average Bonchev–Trinajstić information content (AvgIpc) is 2.75. The number of nitrogens with one attached hydrogen (secondary N) is 1. The highest BCUT2D eigenvalue weighted by atomic mass is 35.5. The van der Waals surface area contributed by atoms with Crippen LogP contribution in [0.1, 0.15) is 12.8 Å². The molecule has 0 unspecified atom stereocenters. The molecule has 22 heavy (non-hydrogen) atoms. The second-order valence-electron chi connectivity index (χ2n) is 4.93. The van der Waals surface area contributed by atoms with E-state index in [0.29, 0.717) is 29.4 Å². The molecule has 0 spiro atoms. The summed E-state index contributed by atoms with van der Waals surface area (Å²) in [6, 6.07) is 2.97. The SMILES string of the molecule is O=c1c(-c2cc(NOO)c(Cl)cc2Cl)c(Cl)n2n1CCCC2. The molecule has 1 aromatic heterocycles. The second-order valence-corrected chi connectivity index (χ2v) is 6.10. The predicted molar refractivity (Wildman–Crippen MR) is 85.7 cm³/mol. The Labute approximate surface area is 140 Å². The molecule has 9 heteroatoms. The molecule has 1 aliphatic rings. The Morgan fingerprint density at radius 2 is 1.77 bits per heavy atom. The van der Waals surface area contributed by atoms with E-state index in [9.17, 15) is 4.79 Å². The molecule has 2 heterocycles. The van der Waals surface area contributed by atoms with Crippen LogP contribution in [-0.4, -0.2) is 14.6 Å². The number of anilines is 1. The van der Waals surface area contributed by atoms with Crippen LogP contribution >= 0.6 is 34.8 Å². The van der Waals surface area contributed by atoms with Crippen molar-refractivity contribution in [3.05, 3.63) is 37.7 Å². The molecule has 2 N–H and O–H groups in total. The third-order valence-electron chi connectivity index (χ3n) is 3.64. The summed E-state index contributed by atoms with van der Waals surface area (Å²) >= 11 is 18.6. The van der Waals surface area contributed by atoms with Crippen LogP contribution in [0.25, 0.3) is 11.1 Å². The molecule has 118 valence electrons. The summed E-state index contributed by atoms with van der Waals surface area (Å²) in [5.41, 5.74) is 3.02. The van der Waals surface area contributed by atoms with Crippen LogP contribution < -0.4 is 11.0 Å². The van der Waals surface area contributed by atoms with Crippen molar-refractivity contribution >= 4 is 40.5 Å². The van der Waals surface area contributed by atoms with Gasteiger partial charge in [-0.05, 0) is 25.0 Å². The largest absolute Gasteiger partial charge is 0.276 e. The van der Waals surface area contributed by atoms with Gasteiger partial charge in [0.05, 0.1) is 21.3 Å². The minimum absolute atomic E-state index is 0.204. The fourth-order valence-electron chi connectivity index (χ4n) is 2.62. The third-order valence-corrected chi connectivity index (χ3v) is 4.65. The number of fused-ring (bicyclic) bond motifs is 1. The number of hydrogen-bond acceptors (Lipinski definition) is 4. The predicted octanol–water partition coefficient (Wildman–Crippen LogP) is 3.89. The topological polar surface area (TPSA) is 68.4 Å². The molecule has 0 saturated heterocycles. The van der Waals surface area contributed by atoms with Gasteiger partial charge in [0.1, 0.15) is 5.15 Å². The normalized spacial score (nSPS) is 14.0. The molecule has 0 amide bonds. The highest BCUT2D eigenvalue weighted by Gasteiger charge is 2.24. The Morgan fingerprint density at radius 1 is 1.09 bits per heavy atom. The van der Waals surface area contributed by atoms with Crippen molar-refractivity contribution in [2.45, 2.75) is 25.9 Å². The van der Waals surface area contributed by atoms with Gasteiger partial charge in [-0.25, -0.2) is 15.4 Å². The number of benzene rings is 1. The van der Waals surface area contributed by atoms with Crippen LogP contribution in [0.4, 0.5) is 5.69 Å². The maximum atomic E-state index is 12.6. The van der Waals surface area contributed by atoms with Gasteiger partial charge in [0.15, 0.2) is 0 Å². The fraction of sp³-hybridized carbons (Fsp3) is 0.308. The molecule has 1 aliphatic heterocycles. The van der Waals surface area contributed by atoms with E-state index in [0.717, 1.165) is 12.8 Å². The van der Waals surface area contributed by atoms with Gasteiger partial charge in [0.2, 0.25) is 0 Å². The van der Waals surface area contributed by atoms with Gasteiger partial charge >= 0.3 is 0 Å². The molecule has 0 radical (unpaired) electrons. The number of aromatic nitrogens is 2. The second kappa shape index (κ2) is 6.14. The van der Waals surface area contributed by atoms with Crippen molar-refractivity contribution in [1.29, 1.82) is 0 Å². The Bertz CT molecular complexity index is 785. The smallest absolute Gasteiger partial charge is 0.271 e. The van der Waals surface area contributed by atoms with E-state index < -0.39 is 0 Å². The first-order chi connectivity index (χ1) is 10.5. The lowest BCUT2D eigenvalue weighted by Crippen LogP contribution is -2.27. The summed E-state index contributed by atoms with van der Waals surface area (Å²) in [6.45, 7) is 1.30. The molecule has 6 nitrogen and oxygen atoms in total. The minimum Gasteiger partial charge on any atom is -0.271 e. The van der Waals surface area contributed by atoms with Crippen LogP contribution in [0, 0.1) is 0 Å². The van der Waals surface area contributed by atoms with Crippen molar-refractivity contribution in [1.82, 2.24) is 9.36 Å². The van der Waals surface area contributed by atoms with E-state index in [1.54, 1.807) is 9.36 Å². The summed E-state index contributed by atoms with van der Waals surface area (Å²) in [7, 11) is 0. The standard InChI is InChI=1S/C13H12Cl3N3O3/c14-8-6-9(15)10(17-22-21)5-7(8)11-12(16)18-3-1-2-4-19(18)13(11)20/h5-6,17,21H,1-4H2. The molecular formula is C13H12Cl3N3O3. The lowest BCUT2D eigenvalue weighted by atomic mass is 10.1. The molecule has 0 saturated carbocycles. The van der Waals surface area contributed by atoms with Crippen molar-refractivity contribution in [3.8, 4) is 11.1 Å². The van der Waals surface area contributed by atoms with Crippen molar-refractivity contribution in [3.63, 3.8) is 0 Å². The molecule has 1 aromatic carbocycles. The van der Waals surface area contributed by atoms with Gasteiger partial charge in [-0.1, -0.05) is 34.8 Å². The molecule has 0 fully saturated rings. The van der Waals surface area contributed by atoms with Crippen LogP contribution in [0.3, 0.4) is 0 Å². The summed E-state index contributed by atoms with van der Waals surface area (Å²) in [5.74, 6) is 0. The van der Waals surface area contributed by atoms with Gasteiger partial charge in [-0.2, -0.15) is 0 Å².